The number of carbonyl (C=O) groups excluding carboxylic acids is 2. The zero-order valence-electron chi connectivity index (χ0n) is 12.2. The van der Waals surface area contributed by atoms with Gasteiger partial charge in [0.05, 0.1) is 5.41 Å². The highest BCUT2D eigenvalue weighted by atomic mass is 16.4. The molecule has 1 aromatic carbocycles. The van der Waals surface area contributed by atoms with E-state index in [1.807, 2.05) is 24.3 Å². The van der Waals surface area contributed by atoms with Crippen LogP contribution in [-0.4, -0.2) is 36.0 Å². The van der Waals surface area contributed by atoms with Gasteiger partial charge in [-0.1, -0.05) is 18.2 Å². The molecule has 0 saturated heterocycles. The monoisotopic (exact) mass is 302 g/mol. The highest BCUT2D eigenvalue weighted by molar-refractivity contribution is 6.01. The molecule has 1 saturated carbocycles. The standard InChI is InChI=1S/C16H18N2O4/c19-13(17-10-16(7-8-16)15(21)22)9-18-12-4-2-1-3-11(12)5-6-14(18)20/h1-4H,5-10H2,(H,17,19)(H,21,22). The van der Waals surface area contributed by atoms with Crippen LogP contribution in [-0.2, 0) is 20.8 Å². The van der Waals surface area contributed by atoms with E-state index in [2.05, 4.69) is 5.32 Å². The lowest BCUT2D eigenvalue weighted by Crippen LogP contribution is -2.45. The lowest BCUT2D eigenvalue weighted by Gasteiger charge is -2.29. The second-order valence-electron chi connectivity index (χ2n) is 5.97. The number of carbonyl (C=O) groups is 3. The van der Waals surface area contributed by atoms with E-state index in [1.54, 1.807) is 0 Å². The number of nitrogens with zero attached hydrogens (tertiary/aromatic N) is 1. The van der Waals surface area contributed by atoms with Gasteiger partial charge in [0.1, 0.15) is 6.54 Å². The van der Waals surface area contributed by atoms with Gasteiger partial charge in [0.15, 0.2) is 0 Å². The molecule has 1 aliphatic heterocycles. The molecule has 2 amide bonds. The molecule has 6 nitrogen and oxygen atoms in total. The Kier molecular flexibility index (Phi) is 3.60. The summed E-state index contributed by atoms with van der Waals surface area (Å²) in [7, 11) is 0. The average Bonchev–Trinajstić information content (AvgIpc) is 3.29. The lowest BCUT2D eigenvalue weighted by atomic mass is 10.0. The summed E-state index contributed by atoms with van der Waals surface area (Å²) >= 11 is 0. The van der Waals surface area contributed by atoms with E-state index in [0.29, 0.717) is 25.7 Å². The Morgan fingerprint density at radius 2 is 1.95 bits per heavy atom. The number of para-hydroxylation sites is 1. The summed E-state index contributed by atoms with van der Waals surface area (Å²) in [5, 5.41) is 11.7. The number of benzene rings is 1. The topological polar surface area (TPSA) is 86.7 Å². The summed E-state index contributed by atoms with van der Waals surface area (Å²) in [6.07, 6.45) is 2.26. The third-order valence-electron chi connectivity index (χ3n) is 4.42. The normalized spacial score (nSPS) is 18.5. The molecule has 1 heterocycles. The third kappa shape index (κ3) is 2.68. The first-order valence-corrected chi connectivity index (χ1v) is 7.40. The van der Waals surface area contributed by atoms with Crippen molar-refractivity contribution < 1.29 is 19.5 Å². The molecule has 3 rings (SSSR count). The Hall–Kier alpha value is -2.37. The molecule has 1 aliphatic carbocycles. The van der Waals surface area contributed by atoms with Gasteiger partial charge in [-0.2, -0.15) is 0 Å². The van der Waals surface area contributed by atoms with Crippen molar-refractivity contribution in [3.05, 3.63) is 29.8 Å². The molecule has 0 bridgehead atoms. The Labute approximate surface area is 128 Å². The fourth-order valence-corrected chi connectivity index (χ4v) is 2.75. The van der Waals surface area contributed by atoms with Crippen molar-refractivity contribution >= 4 is 23.5 Å². The van der Waals surface area contributed by atoms with Crippen LogP contribution in [0.25, 0.3) is 0 Å². The highest BCUT2D eigenvalue weighted by Crippen LogP contribution is 2.45. The maximum atomic E-state index is 12.1. The number of fused-ring (bicyclic) bond motifs is 1. The van der Waals surface area contributed by atoms with E-state index in [-0.39, 0.29) is 24.9 Å². The van der Waals surface area contributed by atoms with E-state index in [4.69, 9.17) is 5.11 Å². The van der Waals surface area contributed by atoms with Crippen LogP contribution in [0.2, 0.25) is 0 Å². The molecule has 116 valence electrons. The van der Waals surface area contributed by atoms with Gasteiger partial charge >= 0.3 is 5.97 Å². The minimum absolute atomic E-state index is 0.0639. The van der Waals surface area contributed by atoms with Crippen molar-refractivity contribution in [1.82, 2.24) is 5.32 Å². The van der Waals surface area contributed by atoms with Crippen LogP contribution in [0.1, 0.15) is 24.8 Å². The minimum Gasteiger partial charge on any atom is -0.481 e. The van der Waals surface area contributed by atoms with E-state index in [0.717, 1.165) is 11.3 Å². The highest BCUT2D eigenvalue weighted by Gasteiger charge is 2.50. The average molecular weight is 302 g/mol. The quantitative estimate of drug-likeness (QED) is 0.847. The number of anilines is 1. The van der Waals surface area contributed by atoms with Gasteiger partial charge in [-0.05, 0) is 30.9 Å². The Bertz CT molecular complexity index is 637. The second-order valence-corrected chi connectivity index (χ2v) is 5.97. The predicted octanol–water partition coefficient (Wildman–Crippen LogP) is 0.947. The first kappa shape index (κ1) is 14.6. The number of nitrogens with one attached hydrogen (secondary N) is 1. The van der Waals surface area contributed by atoms with Crippen molar-refractivity contribution in [3.8, 4) is 0 Å². The van der Waals surface area contributed by atoms with Gasteiger partial charge in [-0.3, -0.25) is 14.4 Å². The molecule has 0 atom stereocenters. The fraction of sp³-hybridized carbons (Fsp3) is 0.438. The summed E-state index contributed by atoms with van der Waals surface area (Å²) in [6, 6.07) is 7.54. The number of amides is 2. The smallest absolute Gasteiger partial charge is 0.311 e. The van der Waals surface area contributed by atoms with Crippen LogP contribution in [0.3, 0.4) is 0 Å². The zero-order chi connectivity index (χ0) is 15.7. The molecule has 0 unspecified atom stereocenters. The van der Waals surface area contributed by atoms with Crippen LogP contribution in [0.4, 0.5) is 5.69 Å². The van der Waals surface area contributed by atoms with Crippen LogP contribution in [0, 0.1) is 5.41 Å². The Balaban J connectivity index is 1.64. The Morgan fingerprint density at radius 1 is 1.23 bits per heavy atom. The van der Waals surface area contributed by atoms with Gasteiger partial charge < -0.3 is 15.3 Å². The SMILES string of the molecule is O=C(CN1C(=O)CCc2ccccc21)NCC1(C(=O)O)CC1. The summed E-state index contributed by atoms with van der Waals surface area (Å²) < 4.78 is 0. The molecule has 0 radical (unpaired) electrons. The molecular formula is C16H18N2O4. The number of rotatable bonds is 5. The molecule has 1 fully saturated rings. The van der Waals surface area contributed by atoms with Gasteiger partial charge in [-0.15, -0.1) is 0 Å². The van der Waals surface area contributed by atoms with E-state index in [1.165, 1.54) is 4.90 Å². The van der Waals surface area contributed by atoms with Crippen LogP contribution >= 0.6 is 0 Å². The third-order valence-corrected chi connectivity index (χ3v) is 4.42. The zero-order valence-corrected chi connectivity index (χ0v) is 12.2. The molecular weight excluding hydrogens is 284 g/mol. The van der Waals surface area contributed by atoms with Crippen LogP contribution in [0.5, 0.6) is 0 Å². The van der Waals surface area contributed by atoms with Crippen molar-refractivity contribution in [1.29, 1.82) is 0 Å². The first-order chi connectivity index (χ1) is 10.5. The second kappa shape index (κ2) is 5.44. The van der Waals surface area contributed by atoms with Crippen molar-refractivity contribution in [3.63, 3.8) is 0 Å². The van der Waals surface area contributed by atoms with Gasteiger partial charge in [-0.25, -0.2) is 0 Å². The molecule has 0 spiro atoms. The number of aryl methyl sites for hydroxylation is 1. The number of hydrogen-bond donors (Lipinski definition) is 2. The number of carboxylic acids is 1. The van der Waals surface area contributed by atoms with Gasteiger partial charge in [0.2, 0.25) is 11.8 Å². The van der Waals surface area contributed by atoms with E-state index in [9.17, 15) is 14.4 Å². The number of carboxylic acid groups (broad SMARTS) is 1. The summed E-state index contributed by atoms with van der Waals surface area (Å²) in [5.74, 6) is -1.27. The maximum absolute atomic E-state index is 12.1. The predicted molar refractivity (Wildman–Crippen MR) is 79.4 cm³/mol. The molecule has 22 heavy (non-hydrogen) atoms. The van der Waals surface area contributed by atoms with E-state index < -0.39 is 11.4 Å². The molecule has 2 aliphatic rings. The molecule has 0 aromatic heterocycles. The summed E-state index contributed by atoms with van der Waals surface area (Å²) in [5.41, 5.74) is 1.03. The molecule has 6 heteroatoms. The van der Waals surface area contributed by atoms with Crippen molar-refractivity contribution in [2.75, 3.05) is 18.0 Å². The van der Waals surface area contributed by atoms with Gasteiger partial charge in [0, 0.05) is 18.7 Å². The van der Waals surface area contributed by atoms with Crippen molar-refractivity contribution in [2.24, 2.45) is 5.41 Å². The van der Waals surface area contributed by atoms with Crippen LogP contribution in [0.15, 0.2) is 24.3 Å². The molecule has 1 aromatic rings. The molecule has 2 N–H and O–H groups in total. The summed E-state index contributed by atoms with van der Waals surface area (Å²) in [6.45, 7) is 0.0659. The maximum Gasteiger partial charge on any atom is 0.311 e. The fourth-order valence-electron chi connectivity index (χ4n) is 2.75. The summed E-state index contributed by atoms with van der Waals surface area (Å²) in [4.78, 5) is 36.7. The Morgan fingerprint density at radius 3 is 2.64 bits per heavy atom. The minimum atomic E-state index is -0.868. The van der Waals surface area contributed by atoms with Gasteiger partial charge in [0.25, 0.3) is 0 Å². The van der Waals surface area contributed by atoms with Crippen LogP contribution < -0.4 is 10.2 Å². The largest absolute Gasteiger partial charge is 0.481 e. The number of aliphatic carboxylic acids is 1. The first-order valence-electron chi connectivity index (χ1n) is 7.40. The van der Waals surface area contributed by atoms with E-state index >= 15 is 0 Å². The lowest BCUT2D eigenvalue weighted by molar-refractivity contribution is -0.143. The number of hydrogen-bond acceptors (Lipinski definition) is 3. The van der Waals surface area contributed by atoms with Crippen molar-refractivity contribution in [2.45, 2.75) is 25.7 Å².